The number of nitrogens with one attached hydrogen (secondary N) is 1. The van der Waals surface area contributed by atoms with E-state index in [-0.39, 0.29) is 17.6 Å². The van der Waals surface area contributed by atoms with E-state index in [1.165, 1.54) is 12.1 Å². The van der Waals surface area contributed by atoms with Crippen molar-refractivity contribution in [2.24, 2.45) is 0 Å². The number of carbonyl (C=O) groups is 1. The van der Waals surface area contributed by atoms with Gasteiger partial charge in [-0.2, -0.15) is 0 Å². The van der Waals surface area contributed by atoms with E-state index in [0.717, 1.165) is 6.42 Å². The molecule has 1 heterocycles. The quantitative estimate of drug-likeness (QED) is 0.834. The number of fused-ring (bicyclic) bond motifs is 1. The fourth-order valence-electron chi connectivity index (χ4n) is 2.06. The smallest absolute Gasteiger partial charge is 0.221 e. The molecule has 0 fully saturated rings. The van der Waals surface area contributed by atoms with Crippen molar-refractivity contribution < 1.29 is 9.18 Å². The Labute approximate surface area is 121 Å². The number of nitrogens with zero attached hydrogens (tertiary/aromatic N) is 2. The molecule has 0 aliphatic carbocycles. The van der Waals surface area contributed by atoms with Crippen molar-refractivity contribution in [3.63, 3.8) is 0 Å². The second kappa shape index (κ2) is 6.70. The van der Waals surface area contributed by atoms with E-state index in [1.54, 1.807) is 10.6 Å². The summed E-state index contributed by atoms with van der Waals surface area (Å²) in [6.07, 6.45) is 1.23. The highest BCUT2D eigenvalue weighted by Crippen LogP contribution is 2.19. The van der Waals surface area contributed by atoms with Crippen LogP contribution in [0.4, 0.5) is 4.39 Å². The third kappa shape index (κ3) is 3.28. The third-order valence-corrected chi connectivity index (χ3v) is 3.28. The molecule has 0 saturated heterocycles. The summed E-state index contributed by atoms with van der Waals surface area (Å²) in [5, 5.41) is 2.81. The van der Waals surface area contributed by atoms with E-state index in [9.17, 15) is 9.18 Å². The molecule has 1 N–H and O–H groups in total. The lowest BCUT2D eigenvalue weighted by Crippen LogP contribution is -2.25. The third-order valence-electron chi connectivity index (χ3n) is 3.04. The van der Waals surface area contributed by atoms with Gasteiger partial charge >= 0.3 is 0 Å². The minimum atomic E-state index is -0.324. The van der Waals surface area contributed by atoms with Gasteiger partial charge in [-0.3, -0.25) is 4.79 Å². The lowest BCUT2D eigenvalue weighted by molar-refractivity contribution is -0.121. The largest absolute Gasteiger partial charge is 0.356 e. The number of halogens is 2. The molecule has 1 aromatic carbocycles. The monoisotopic (exact) mass is 297 g/mol. The maximum Gasteiger partial charge on any atom is 0.221 e. The molecule has 0 unspecified atom stereocenters. The van der Waals surface area contributed by atoms with Crippen LogP contribution in [-0.2, 0) is 17.2 Å². The molecule has 4 nitrogen and oxygen atoms in total. The maximum absolute atomic E-state index is 13.3. The Bertz CT molecular complexity index is 612. The summed E-state index contributed by atoms with van der Waals surface area (Å²) < 4.78 is 15.1. The van der Waals surface area contributed by atoms with Crippen LogP contribution < -0.4 is 5.32 Å². The number of hydrogen-bond acceptors (Lipinski definition) is 2. The molecule has 0 radical (unpaired) electrons. The van der Waals surface area contributed by atoms with Crippen molar-refractivity contribution in [1.29, 1.82) is 0 Å². The summed E-state index contributed by atoms with van der Waals surface area (Å²) >= 11 is 5.86. The van der Waals surface area contributed by atoms with Gasteiger partial charge in [-0.1, -0.05) is 6.92 Å². The molecular formula is C14H17ClFN3O. The molecule has 20 heavy (non-hydrogen) atoms. The Kier molecular flexibility index (Phi) is 4.95. The predicted octanol–water partition coefficient (Wildman–Crippen LogP) is 2.83. The Morgan fingerprint density at radius 1 is 1.50 bits per heavy atom. The zero-order chi connectivity index (χ0) is 14.5. The summed E-state index contributed by atoms with van der Waals surface area (Å²) in [7, 11) is 0. The molecule has 0 aliphatic rings. The van der Waals surface area contributed by atoms with Gasteiger partial charge in [0, 0.05) is 19.5 Å². The van der Waals surface area contributed by atoms with Crippen molar-refractivity contribution in [3.8, 4) is 0 Å². The van der Waals surface area contributed by atoms with Gasteiger partial charge in [0.25, 0.3) is 0 Å². The first kappa shape index (κ1) is 14.8. The van der Waals surface area contributed by atoms with Gasteiger partial charge in [0.1, 0.15) is 11.6 Å². The zero-order valence-corrected chi connectivity index (χ0v) is 12.1. The lowest BCUT2D eigenvalue weighted by atomic mass is 10.3. The molecule has 1 aromatic heterocycles. The first-order valence-electron chi connectivity index (χ1n) is 6.63. The number of hydrogen-bond donors (Lipinski definition) is 1. The number of aromatic nitrogens is 2. The van der Waals surface area contributed by atoms with E-state index >= 15 is 0 Å². The second-order valence-electron chi connectivity index (χ2n) is 4.55. The average molecular weight is 298 g/mol. The molecule has 2 rings (SSSR count). The number of amides is 1. The molecule has 6 heteroatoms. The standard InChI is InChI=1S/C14H17ClFN3O/c1-2-6-17-14(20)5-7-19-12-8-10(16)3-4-11(12)18-13(19)9-15/h3-4,8H,2,5-7,9H2,1H3,(H,17,20). The van der Waals surface area contributed by atoms with E-state index in [0.29, 0.717) is 36.4 Å². The predicted molar refractivity (Wildman–Crippen MR) is 77.2 cm³/mol. The second-order valence-corrected chi connectivity index (χ2v) is 4.81. The highest BCUT2D eigenvalue weighted by Gasteiger charge is 2.12. The highest BCUT2D eigenvalue weighted by atomic mass is 35.5. The van der Waals surface area contributed by atoms with E-state index < -0.39 is 0 Å². The Balaban J connectivity index is 2.19. The normalized spacial score (nSPS) is 10.9. The number of benzene rings is 1. The van der Waals surface area contributed by atoms with Crippen LogP contribution >= 0.6 is 11.6 Å². The molecule has 0 spiro atoms. The average Bonchev–Trinajstić information content (AvgIpc) is 2.79. The molecule has 0 saturated carbocycles. The van der Waals surface area contributed by atoms with Gasteiger partial charge in [-0.05, 0) is 24.6 Å². The lowest BCUT2D eigenvalue weighted by Gasteiger charge is -2.08. The van der Waals surface area contributed by atoms with Crippen molar-refractivity contribution in [2.45, 2.75) is 32.2 Å². The molecule has 108 valence electrons. The van der Waals surface area contributed by atoms with Gasteiger partial charge in [-0.25, -0.2) is 9.37 Å². The Morgan fingerprint density at radius 3 is 3.00 bits per heavy atom. The summed E-state index contributed by atoms with van der Waals surface area (Å²) in [5.41, 5.74) is 1.36. The van der Waals surface area contributed by atoms with Crippen LogP contribution in [0.15, 0.2) is 18.2 Å². The minimum Gasteiger partial charge on any atom is -0.356 e. The Hall–Kier alpha value is -1.62. The zero-order valence-electron chi connectivity index (χ0n) is 11.3. The van der Waals surface area contributed by atoms with Gasteiger partial charge in [-0.15, -0.1) is 11.6 Å². The number of carbonyl (C=O) groups excluding carboxylic acids is 1. The van der Waals surface area contributed by atoms with E-state index in [4.69, 9.17) is 11.6 Å². The fourth-order valence-corrected chi connectivity index (χ4v) is 2.27. The van der Waals surface area contributed by atoms with E-state index in [1.807, 2.05) is 6.92 Å². The molecule has 2 aromatic rings. The van der Waals surface area contributed by atoms with Crippen LogP contribution in [0.25, 0.3) is 11.0 Å². The molecule has 1 amide bonds. The molecule has 0 bridgehead atoms. The highest BCUT2D eigenvalue weighted by molar-refractivity contribution is 6.16. The van der Waals surface area contributed by atoms with Gasteiger partial charge in [0.2, 0.25) is 5.91 Å². The summed E-state index contributed by atoms with van der Waals surface area (Å²) in [6.45, 7) is 3.11. The first-order valence-corrected chi connectivity index (χ1v) is 7.16. The molecule has 0 atom stereocenters. The van der Waals surface area contributed by atoms with Crippen LogP contribution in [-0.4, -0.2) is 22.0 Å². The SMILES string of the molecule is CCCNC(=O)CCn1c(CCl)nc2ccc(F)cc21. The number of rotatable bonds is 6. The summed E-state index contributed by atoms with van der Waals surface area (Å²) in [4.78, 5) is 16.0. The molecular weight excluding hydrogens is 281 g/mol. The summed E-state index contributed by atoms with van der Waals surface area (Å²) in [6, 6.07) is 4.41. The van der Waals surface area contributed by atoms with Crippen molar-refractivity contribution >= 4 is 28.5 Å². The van der Waals surface area contributed by atoms with Gasteiger partial charge < -0.3 is 9.88 Å². The van der Waals surface area contributed by atoms with Crippen LogP contribution in [0.1, 0.15) is 25.6 Å². The fraction of sp³-hybridized carbons (Fsp3) is 0.429. The Morgan fingerprint density at radius 2 is 2.30 bits per heavy atom. The van der Waals surface area contributed by atoms with Crippen LogP contribution in [0, 0.1) is 5.82 Å². The van der Waals surface area contributed by atoms with Crippen molar-refractivity contribution in [2.75, 3.05) is 6.54 Å². The van der Waals surface area contributed by atoms with Crippen molar-refractivity contribution in [3.05, 3.63) is 29.8 Å². The van der Waals surface area contributed by atoms with Crippen molar-refractivity contribution in [1.82, 2.24) is 14.9 Å². The topological polar surface area (TPSA) is 46.9 Å². The first-order chi connectivity index (χ1) is 9.65. The van der Waals surface area contributed by atoms with Gasteiger partial charge in [0.15, 0.2) is 0 Å². The van der Waals surface area contributed by atoms with Crippen LogP contribution in [0.5, 0.6) is 0 Å². The van der Waals surface area contributed by atoms with Crippen LogP contribution in [0.3, 0.4) is 0 Å². The maximum atomic E-state index is 13.3. The van der Waals surface area contributed by atoms with Crippen LogP contribution in [0.2, 0.25) is 0 Å². The number of imidazole rings is 1. The summed E-state index contributed by atoms with van der Waals surface area (Å²) in [5.74, 6) is 0.531. The van der Waals surface area contributed by atoms with E-state index in [2.05, 4.69) is 10.3 Å². The number of aryl methyl sites for hydroxylation is 1. The number of alkyl halides is 1. The van der Waals surface area contributed by atoms with Gasteiger partial charge in [0.05, 0.1) is 16.9 Å². The molecule has 0 aliphatic heterocycles. The minimum absolute atomic E-state index is 0.0226.